The summed E-state index contributed by atoms with van der Waals surface area (Å²) in [5.74, 6) is 0.478. The van der Waals surface area contributed by atoms with Crippen LogP contribution >= 0.6 is 11.6 Å². The van der Waals surface area contributed by atoms with Crippen LogP contribution in [0, 0.1) is 5.82 Å². The number of benzene rings is 1. The van der Waals surface area contributed by atoms with Crippen LogP contribution in [0.2, 0.25) is 0 Å². The molecular formula is C15H18ClFN2. The highest BCUT2D eigenvalue weighted by Crippen LogP contribution is 2.23. The van der Waals surface area contributed by atoms with E-state index >= 15 is 0 Å². The minimum Gasteiger partial charge on any atom is -0.272 e. The summed E-state index contributed by atoms with van der Waals surface area (Å²) in [5, 5.41) is 4.44. The second-order valence-electron chi connectivity index (χ2n) is 4.71. The van der Waals surface area contributed by atoms with E-state index < -0.39 is 0 Å². The van der Waals surface area contributed by atoms with Gasteiger partial charge in [0.1, 0.15) is 5.82 Å². The Kier molecular flexibility index (Phi) is 4.59. The Hall–Kier alpha value is -1.35. The highest BCUT2D eigenvalue weighted by molar-refractivity contribution is 6.18. The molecule has 1 aromatic heterocycles. The molecule has 0 bridgehead atoms. The van der Waals surface area contributed by atoms with E-state index in [4.69, 9.17) is 11.6 Å². The molecule has 1 aromatic carbocycles. The van der Waals surface area contributed by atoms with Crippen molar-refractivity contribution in [3.05, 3.63) is 53.1 Å². The SMILES string of the molecule is CCc1cc(CC(CCl)c2ccc(F)cc2)n(C)n1. The second-order valence-corrected chi connectivity index (χ2v) is 5.02. The fourth-order valence-corrected chi connectivity index (χ4v) is 2.47. The number of aryl methyl sites for hydroxylation is 2. The molecule has 0 aliphatic rings. The average Bonchev–Trinajstić information content (AvgIpc) is 2.78. The number of halogens is 2. The molecular weight excluding hydrogens is 263 g/mol. The van der Waals surface area contributed by atoms with Crippen LogP contribution in [0.4, 0.5) is 4.39 Å². The van der Waals surface area contributed by atoms with Gasteiger partial charge in [0.05, 0.1) is 5.69 Å². The number of aromatic nitrogens is 2. The fraction of sp³-hybridized carbons (Fsp3) is 0.400. The first-order valence-electron chi connectivity index (χ1n) is 6.47. The van der Waals surface area contributed by atoms with Crippen molar-refractivity contribution in [1.29, 1.82) is 0 Å². The van der Waals surface area contributed by atoms with Crippen molar-refractivity contribution in [1.82, 2.24) is 9.78 Å². The third-order valence-corrected chi connectivity index (χ3v) is 3.75. The molecule has 0 saturated carbocycles. The average molecular weight is 281 g/mol. The molecule has 0 aliphatic carbocycles. The Morgan fingerprint density at radius 3 is 2.53 bits per heavy atom. The minimum absolute atomic E-state index is 0.183. The van der Waals surface area contributed by atoms with Gasteiger partial charge in [0.15, 0.2) is 0 Å². The third kappa shape index (κ3) is 3.35. The van der Waals surface area contributed by atoms with Gasteiger partial charge in [-0.25, -0.2) is 4.39 Å². The van der Waals surface area contributed by atoms with E-state index in [0.717, 1.165) is 29.8 Å². The monoisotopic (exact) mass is 280 g/mol. The molecule has 1 heterocycles. The predicted octanol–water partition coefficient (Wildman–Crippen LogP) is 3.69. The van der Waals surface area contributed by atoms with E-state index in [9.17, 15) is 4.39 Å². The van der Waals surface area contributed by atoms with Crippen molar-refractivity contribution in [3.63, 3.8) is 0 Å². The summed E-state index contributed by atoms with van der Waals surface area (Å²) in [6, 6.07) is 8.69. The molecule has 4 heteroatoms. The minimum atomic E-state index is -0.217. The van der Waals surface area contributed by atoms with Gasteiger partial charge in [0.25, 0.3) is 0 Å². The molecule has 0 amide bonds. The zero-order chi connectivity index (χ0) is 13.8. The molecule has 0 spiro atoms. The van der Waals surface area contributed by atoms with Crippen molar-refractivity contribution < 1.29 is 4.39 Å². The molecule has 2 nitrogen and oxygen atoms in total. The summed E-state index contributed by atoms with van der Waals surface area (Å²) in [6.07, 6.45) is 1.74. The lowest BCUT2D eigenvalue weighted by molar-refractivity contribution is 0.623. The van der Waals surface area contributed by atoms with Gasteiger partial charge >= 0.3 is 0 Å². The largest absolute Gasteiger partial charge is 0.272 e. The Labute approximate surface area is 118 Å². The number of rotatable bonds is 5. The maximum Gasteiger partial charge on any atom is 0.123 e. The summed E-state index contributed by atoms with van der Waals surface area (Å²) in [7, 11) is 1.95. The lowest BCUT2D eigenvalue weighted by Crippen LogP contribution is -2.08. The van der Waals surface area contributed by atoms with Crippen LogP contribution in [0.25, 0.3) is 0 Å². The van der Waals surface area contributed by atoms with Crippen LogP contribution in [-0.2, 0) is 19.9 Å². The van der Waals surface area contributed by atoms with Gasteiger partial charge in [0, 0.05) is 24.5 Å². The molecule has 2 aromatic rings. The van der Waals surface area contributed by atoms with E-state index in [1.54, 1.807) is 12.1 Å². The molecule has 1 atom stereocenters. The highest BCUT2D eigenvalue weighted by atomic mass is 35.5. The lowest BCUT2D eigenvalue weighted by Gasteiger charge is -2.14. The first-order chi connectivity index (χ1) is 9.13. The number of hydrogen-bond acceptors (Lipinski definition) is 1. The lowest BCUT2D eigenvalue weighted by atomic mass is 9.96. The zero-order valence-electron chi connectivity index (χ0n) is 11.2. The van der Waals surface area contributed by atoms with Crippen LogP contribution in [0.3, 0.4) is 0 Å². The number of alkyl halides is 1. The maximum atomic E-state index is 12.9. The maximum absolute atomic E-state index is 12.9. The molecule has 0 aliphatic heterocycles. The van der Waals surface area contributed by atoms with Gasteiger partial charge in [0.2, 0.25) is 0 Å². The standard InChI is InChI=1S/C15H18ClFN2/c1-3-14-9-15(19(2)18-14)8-12(10-16)11-4-6-13(17)7-5-11/h4-7,9,12H,3,8,10H2,1-2H3. The van der Waals surface area contributed by atoms with Crippen LogP contribution in [-0.4, -0.2) is 15.7 Å². The molecule has 1 unspecified atom stereocenters. The van der Waals surface area contributed by atoms with Crippen molar-refractivity contribution in [2.45, 2.75) is 25.7 Å². The Bertz CT molecular complexity index is 534. The van der Waals surface area contributed by atoms with Crippen LogP contribution in [0.1, 0.15) is 29.8 Å². The molecule has 0 N–H and O–H groups in total. The first kappa shape index (κ1) is 14.1. The topological polar surface area (TPSA) is 17.8 Å². The summed E-state index contributed by atoms with van der Waals surface area (Å²) < 4.78 is 14.9. The van der Waals surface area contributed by atoms with Crippen molar-refractivity contribution in [2.24, 2.45) is 7.05 Å². The summed E-state index contributed by atoms with van der Waals surface area (Å²) in [6.45, 7) is 2.09. The fourth-order valence-electron chi connectivity index (χ4n) is 2.18. The summed E-state index contributed by atoms with van der Waals surface area (Å²) in [5.41, 5.74) is 3.31. The Balaban J connectivity index is 2.18. The first-order valence-corrected chi connectivity index (χ1v) is 7.00. The van der Waals surface area contributed by atoms with Gasteiger partial charge < -0.3 is 0 Å². The van der Waals surface area contributed by atoms with Gasteiger partial charge in [-0.3, -0.25) is 4.68 Å². The van der Waals surface area contributed by atoms with E-state index in [2.05, 4.69) is 18.1 Å². The molecule has 0 radical (unpaired) electrons. The van der Waals surface area contributed by atoms with Crippen LogP contribution < -0.4 is 0 Å². The smallest absolute Gasteiger partial charge is 0.123 e. The Morgan fingerprint density at radius 2 is 2.00 bits per heavy atom. The summed E-state index contributed by atoms with van der Waals surface area (Å²) in [4.78, 5) is 0. The predicted molar refractivity (Wildman–Crippen MR) is 76.2 cm³/mol. The number of hydrogen-bond donors (Lipinski definition) is 0. The number of nitrogens with zero attached hydrogens (tertiary/aromatic N) is 2. The van der Waals surface area contributed by atoms with Gasteiger partial charge in [-0.1, -0.05) is 19.1 Å². The molecule has 2 rings (SSSR count). The van der Waals surface area contributed by atoms with Gasteiger partial charge in [-0.15, -0.1) is 11.6 Å². The van der Waals surface area contributed by atoms with Crippen LogP contribution in [0.5, 0.6) is 0 Å². The van der Waals surface area contributed by atoms with Gasteiger partial charge in [-0.2, -0.15) is 5.10 Å². The second kappa shape index (κ2) is 6.20. The van der Waals surface area contributed by atoms with Gasteiger partial charge in [-0.05, 0) is 36.6 Å². The molecule has 19 heavy (non-hydrogen) atoms. The van der Waals surface area contributed by atoms with E-state index in [1.165, 1.54) is 12.1 Å². The zero-order valence-corrected chi connectivity index (χ0v) is 12.0. The van der Waals surface area contributed by atoms with Crippen LogP contribution in [0.15, 0.2) is 30.3 Å². The quantitative estimate of drug-likeness (QED) is 0.764. The third-order valence-electron chi connectivity index (χ3n) is 3.37. The molecule has 0 saturated heterocycles. The molecule has 102 valence electrons. The van der Waals surface area contributed by atoms with E-state index in [-0.39, 0.29) is 11.7 Å². The normalized spacial score (nSPS) is 12.6. The summed E-state index contributed by atoms with van der Waals surface area (Å²) >= 11 is 6.06. The van der Waals surface area contributed by atoms with Crippen molar-refractivity contribution in [3.8, 4) is 0 Å². The van der Waals surface area contributed by atoms with E-state index in [1.807, 2.05) is 11.7 Å². The van der Waals surface area contributed by atoms with Crippen molar-refractivity contribution >= 4 is 11.6 Å². The highest BCUT2D eigenvalue weighted by Gasteiger charge is 2.14. The van der Waals surface area contributed by atoms with E-state index in [0.29, 0.717) is 5.88 Å². The van der Waals surface area contributed by atoms with Crippen molar-refractivity contribution in [2.75, 3.05) is 5.88 Å². The Morgan fingerprint density at radius 1 is 1.32 bits per heavy atom. The molecule has 0 fully saturated rings.